The minimum Gasteiger partial charge on any atom is -0.274 e. The molecule has 2 aliphatic carbocycles. The van der Waals surface area contributed by atoms with Crippen molar-refractivity contribution in [2.24, 2.45) is 5.41 Å². The van der Waals surface area contributed by atoms with E-state index < -0.39 is 11.0 Å². The van der Waals surface area contributed by atoms with E-state index in [0.717, 1.165) is 38.5 Å². The third kappa shape index (κ3) is 1.36. The average Bonchev–Trinajstić information content (AvgIpc) is 3.03. The molecule has 0 aromatic carbocycles. The Hall–Kier alpha value is -1.37. The van der Waals surface area contributed by atoms with E-state index in [4.69, 9.17) is 0 Å². The maximum absolute atomic E-state index is 12.6. The predicted octanol–water partition coefficient (Wildman–Crippen LogP) is 2.14. The number of nitriles is 1. The maximum Gasteiger partial charge on any atom is 0.237 e. The first-order valence-corrected chi connectivity index (χ1v) is 6.92. The molecule has 4 nitrogen and oxygen atoms in total. The standard InChI is InChI=1S/C14H18N2O2/c15-10-14(7-3-4-8-14)16-11(17)9-13(12(16)18)5-1-2-6-13/h1-9H2. The summed E-state index contributed by atoms with van der Waals surface area (Å²) >= 11 is 0. The van der Waals surface area contributed by atoms with E-state index >= 15 is 0 Å². The lowest BCUT2D eigenvalue weighted by molar-refractivity contribution is -0.146. The summed E-state index contributed by atoms with van der Waals surface area (Å²) in [6.07, 6.45) is 7.28. The van der Waals surface area contributed by atoms with Crippen molar-refractivity contribution >= 4 is 11.8 Å². The van der Waals surface area contributed by atoms with Gasteiger partial charge in [0.1, 0.15) is 5.54 Å². The van der Waals surface area contributed by atoms with Gasteiger partial charge >= 0.3 is 0 Å². The lowest BCUT2D eigenvalue weighted by Crippen LogP contribution is -2.50. The van der Waals surface area contributed by atoms with E-state index in [-0.39, 0.29) is 11.8 Å². The number of carbonyl (C=O) groups is 2. The van der Waals surface area contributed by atoms with Crippen molar-refractivity contribution in [2.45, 2.75) is 63.3 Å². The molecule has 0 bridgehead atoms. The summed E-state index contributed by atoms with van der Waals surface area (Å²) in [4.78, 5) is 26.2. The normalized spacial score (nSPS) is 29.2. The van der Waals surface area contributed by atoms with E-state index in [1.807, 2.05) is 0 Å². The molecule has 3 fully saturated rings. The van der Waals surface area contributed by atoms with Crippen LogP contribution in [0, 0.1) is 16.7 Å². The van der Waals surface area contributed by atoms with Crippen LogP contribution in [0.25, 0.3) is 0 Å². The minimum absolute atomic E-state index is 0.0477. The molecular weight excluding hydrogens is 228 g/mol. The summed E-state index contributed by atoms with van der Waals surface area (Å²) in [5, 5.41) is 9.45. The fourth-order valence-electron chi connectivity index (χ4n) is 4.02. The Balaban J connectivity index is 1.96. The molecule has 3 aliphatic rings. The molecule has 1 saturated heterocycles. The molecule has 0 atom stereocenters. The Morgan fingerprint density at radius 2 is 1.56 bits per heavy atom. The molecule has 0 unspecified atom stereocenters. The zero-order valence-electron chi connectivity index (χ0n) is 10.6. The number of carbonyl (C=O) groups excluding carboxylic acids is 2. The van der Waals surface area contributed by atoms with Crippen LogP contribution in [0.1, 0.15) is 57.8 Å². The van der Waals surface area contributed by atoms with E-state index in [2.05, 4.69) is 6.07 Å². The lowest BCUT2D eigenvalue weighted by Gasteiger charge is -2.32. The highest BCUT2D eigenvalue weighted by atomic mass is 16.2. The summed E-state index contributed by atoms with van der Waals surface area (Å²) < 4.78 is 0. The second-order valence-electron chi connectivity index (χ2n) is 6.05. The van der Waals surface area contributed by atoms with Gasteiger partial charge in [0.15, 0.2) is 0 Å². The summed E-state index contributed by atoms with van der Waals surface area (Å²) in [5.74, 6) is -0.154. The van der Waals surface area contributed by atoms with Crippen LogP contribution in [0.5, 0.6) is 0 Å². The van der Waals surface area contributed by atoms with Crippen LogP contribution in [0.3, 0.4) is 0 Å². The van der Waals surface area contributed by atoms with Gasteiger partial charge in [-0.15, -0.1) is 0 Å². The van der Waals surface area contributed by atoms with Crippen molar-refractivity contribution < 1.29 is 9.59 Å². The molecule has 96 valence electrons. The first-order chi connectivity index (χ1) is 8.64. The highest BCUT2D eigenvalue weighted by Crippen LogP contribution is 2.50. The van der Waals surface area contributed by atoms with Crippen LogP contribution in [-0.4, -0.2) is 22.3 Å². The molecule has 18 heavy (non-hydrogen) atoms. The zero-order valence-corrected chi connectivity index (χ0v) is 10.6. The maximum atomic E-state index is 12.6. The van der Waals surface area contributed by atoms with Gasteiger partial charge in [-0.05, 0) is 38.5 Å². The topological polar surface area (TPSA) is 61.2 Å². The molecule has 1 heterocycles. The van der Waals surface area contributed by atoms with Gasteiger partial charge in [-0.25, -0.2) is 0 Å². The molecule has 1 spiro atoms. The van der Waals surface area contributed by atoms with Crippen molar-refractivity contribution in [2.75, 3.05) is 0 Å². The van der Waals surface area contributed by atoms with E-state index in [9.17, 15) is 14.9 Å². The number of rotatable bonds is 1. The van der Waals surface area contributed by atoms with Crippen molar-refractivity contribution in [1.82, 2.24) is 4.90 Å². The molecule has 0 radical (unpaired) electrons. The zero-order chi connectivity index (χ0) is 12.8. The van der Waals surface area contributed by atoms with Gasteiger partial charge in [-0.2, -0.15) is 5.26 Å². The Kier molecular flexibility index (Phi) is 2.48. The van der Waals surface area contributed by atoms with Crippen molar-refractivity contribution in [1.29, 1.82) is 5.26 Å². The van der Waals surface area contributed by atoms with Crippen molar-refractivity contribution in [3.05, 3.63) is 0 Å². The molecule has 4 heteroatoms. The fraction of sp³-hybridized carbons (Fsp3) is 0.786. The van der Waals surface area contributed by atoms with Crippen LogP contribution in [-0.2, 0) is 9.59 Å². The van der Waals surface area contributed by atoms with Gasteiger partial charge in [-0.3, -0.25) is 14.5 Å². The van der Waals surface area contributed by atoms with Crippen LogP contribution in [0.2, 0.25) is 0 Å². The summed E-state index contributed by atoms with van der Waals surface area (Å²) in [6.45, 7) is 0. The third-order valence-electron chi connectivity index (χ3n) is 5.02. The Labute approximate surface area is 107 Å². The summed E-state index contributed by atoms with van der Waals surface area (Å²) in [5.41, 5.74) is -1.26. The second kappa shape index (κ2) is 3.81. The fourth-order valence-corrected chi connectivity index (χ4v) is 4.02. The van der Waals surface area contributed by atoms with Gasteiger partial charge in [0, 0.05) is 6.42 Å². The van der Waals surface area contributed by atoms with E-state index in [1.165, 1.54) is 4.90 Å². The first-order valence-electron chi connectivity index (χ1n) is 6.92. The Morgan fingerprint density at radius 3 is 2.11 bits per heavy atom. The largest absolute Gasteiger partial charge is 0.274 e. The van der Waals surface area contributed by atoms with Gasteiger partial charge in [0.05, 0.1) is 11.5 Å². The highest BCUT2D eigenvalue weighted by molar-refractivity contribution is 6.07. The van der Waals surface area contributed by atoms with Crippen molar-refractivity contribution in [3.8, 4) is 6.07 Å². The van der Waals surface area contributed by atoms with Gasteiger partial charge in [0.2, 0.25) is 11.8 Å². The highest BCUT2D eigenvalue weighted by Gasteiger charge is 2.59. The van der Waals surface area contributed by atoms with Crippen LogP contribution < -0.4 is 0 Å². The summed E-state index contributed by atoms with van der Waals surface area (Å²) in [7, 11) is 0. The minimum atomic E-state index is -0.819. The van der Waals surface area contributed by atoms with Crippen LogP contribution in [0.15, 0.2) is 0 Å². The Morgan fingerprint density at radius 1 is 1.00 bits per heavy atom. The number of likely N-dealkylation sites (tertiary alicyclic amines) is 1. The lowest BCUT2D eigenvalue weighted by atomic mass is 9.84. The van der Waals surface area contributed by atoms with E-state index in [1.54, 1.807) is 0 Å². The molecule has 2 saturated carbocycles. The van der Waals surface area contributed by atoms with Gasteiger partial charge in [-0.1, -0.05) is 12.8 Å². The predicted molar refractivity (Wildman–Crippen MR) is 64.2 cm³/mol. The van der Waals surface area contributed by atoms with Gasteiger partial charge in [0.25, 0.3) is 0 Å². The number of hydrogen-bond acceptors (Lipinski definition) is 3. The molecule has 0 aromatic rings. The number of imide groups is 1. The number of amides is 2. The molecule has 3 rings (SSSR count). The number of hydrogen-bond donors (Lipinski definition) is 0. The van der Waals surface area contributed by atoms with Gasteiger partial charge < -0.3 is 0 Å². The van der Waals surface area contributed by atoms with Crippen LogP contribution >= 0.6 is 0 Å². The third-order valence-corrected chi connectivity index (χ3v) is 5.02. The Bertz CT molecular complexity index is 437. The van der Waals surface area contributed by atoms with Crippen molar-refractivity contribution in [3.63, 3.8) is 0 Å². The van der Waals surface area contributed by atoms with E-state index in [0.29, 0.717) is 19.3 Å². The second-order valence-corrected chi connectivity index (χ2v) is 6.05. The molecule has 2 amide bonds. The molecule has 0 N–H and O–H groups in total. The quantitative estimate of drug-likeness (QED) is 0.666. The van der Waals surface area contributed by atoms with Crippen LogP contribution in [0.4, 0.5) is 0 Å². The smallest absolute Gasteiger partial charge is 0.237 e. The molecular formula is C14H18N2O2. The first kappa shape index (κ1) is 11.7. The SMILES string of the molecule is N#CC1(N2C(=O)CC3(CCCC3)C2=O)CCCC1. The molecule has 1 aliphatic heterocycles. The molecule has 0 aromatic heterocycles. The average molecular weight is 246 g/mol. The number of nitrogens with zero attached hydrogens (tertiary/aromatic N) is 2. The summed E-state index contributed by atoms with van der Waals surface area (Å²) in [6, 6.07) is 2.27. The monoisotopic (exact) mass is 246 g/mol.